The summed E-state index contributed by atoms with van der Waals surface area (Å²) in [4.78, 5) is 0. The summed E-state index contributed by atoms with van der Waals surface area (Å²) in [6.45, 7) is 15.0. The van der Waals surface area contributed by atoms with Gasteiger partial charge in [0.1, 0.15) is 6.61 Å². The molecule has 46 heavy (non-hydrogen) atoms. The SMILES string of the molecule is C#CCOCCOCCOCCOCCOCCOCCOCCOCCOCCOCCOCCOCCOC1CCNCC1. The quantitative estimate of drug-likeness (QED) is 0.0728. The smallest absolute Gasteiger partial charge is 0.107 e. The zero-order valence-corrected chi connectivity index (χ0v) is 28.0. The van der Waals surface area contributed by atoms with Gasteiger partial charge in [-0.25, -0.2) is 0 Å². The van der Waals surface area contributed by atoms with Crippen molar-refractivity contribution in [1.29, 1.82) is 0 Å². The monoisotopic (exact) mass is 667 g/mol. The predicted octanol–water partition coefficient (Wildman–Crippen LogP) is 0.587. The third-order valence-electron chi connectivity index (χ3n) is 6.14. The number of hydrogen-bond acceptors (Lipinski definition) is 14. The van der Waals surface area contributed by atoms with Gasteiger partial charge in [0.15, 0.2) is 0 Å². The molecule has 0 saturated carbocycles. The topological polar surface area (TPSA) is 132 Å². The van der Waals surface area contributed by atoms with E-state index in [0.717, 1.165) is 25.9 Å². The molecule has 0 amide bonds. The summed E-state index contributed by atoms with van der Waals surface area (Å²) in [5, 5.41) is 3.33. The molecule has 0 atom stereocenters. The van der Waals surface area contributed by atoms with E-state index in [4.69, 9.17) is 68.0 Å². The van der Waals surface area contributed by atoms with Crippen LogP contribution in [0.3, 0.4) is 0 Å². The van der Waals surface area contributed by atoms with Crippen LogP contribution in [-0.4, -0.2) is 184 Å². The van der Waals surface area contributed by atoms with Crippen LogP contribution in [0.2, 0.25) is 0 Å². The van der Waals surface area contributed by atoms with Crippen molar-refractivity contribution in [3.8, 4) is 12.3 Å². The first-order valence-electron chi connectivity index (χ1n) is 16.6. The standard InChI is InChI=1S/C32H61NO13/c1-2-7-34-8-9-35-10-11-36-12-13-37-14-15-38-16-17-39-18-19-40-20-21-41-22-23-42-24-25-43-26-27-44-28-29-45-30-31-46-32-3-5-33-6-4-32/h1,32-33H,3-31H2. The molecule has 0 aromatic rings. The minimum Gasteiger partial charge on any atom is -0.377 e. The van der Waals surface area contributed by atoms with E-state index in [2.05, 4.69) is 11.2 Å². The maximum absolute atomic E-state index is 5.79. The third-order valence-corrected chi connectivity index (χ3v) is 6.14. The lowest BCUT2D eigenvalue weighted by molar-refractivity contribution is -0.0327. The Hall–Kier alpha value is -1.00. The number of nitrogens with one attached hydrogen (secondary N) is 1. The Labute approximate surface area is 276 Å². The van der Waals surface area contributed by atoms with E-state index in [1.54, 1.807) is 0 Å². The molecule has 0 aliphatic carbocycles. The van der Waals surface area contributed by atoms with Gasteiger partial charge in [-0.2, -0.15) is 0 Å². The van der Waals surface area contributed by atoms with Gasteiger partial charge in [0, 0.05) is 0 Å². The fourth-order valence-corrected chi connectivity index (χ4v) is 3.79. The number of piperidine rings is 1. The molecule has 0 unspecified atom stereocenters. The summed E-state index contributed by atoms with van der Waals surface area (Å²) in [6, 6.07) is 0. The van der Waals surface area contributed by atoms with Gasteiger partial charge in [0.25, 0.3) is 0 Å². The van der Waals surface area contributed by atoms with Gasteiger partial charge >= 0.3 is 0 Å². The van der Waals surface area contributed by atoms with Crippen LogP contribution in [0.4, 0.5) is 0 Å². The first-order chi connectivity index (χ1) is 22.9. The Balaban J connectivity index is 1.60. The fraction of sp³-hybridized carbons (Fsp3) is 0.938. The molecular weight excluding hydrogens is 606 g/mol. The lowest BCUT2D eigenvalue weighted by Crippen LogP contribution is -2.33. The van der Waals surface area contributed by atoms with E-state index in [9.17, 15) is 0 Å². The zero-order chi connectivity index (χ0) is 32.7. The summed E-state index contributed by atoms with van der Waals surface area (Å²) in [6.07, 6.45) is 7.61. The van der Waals surface area contributed by atoms with Crippen LogP contribution in [0.15, 0.2) is 0 Å². The summed E-state index contributed by atoms with van der Waals surface area (Å²) >= 11 is 0. The molecule has 0 spiro atoms. The van der Waals surface area contributed by atoms with E-state index >= 15 is 0 Å². The molecule has 14 nitrogen and oxygen atoms in total. The molecule has 272 valence electrons. The fourth-order valence-electron chi connectivity index (χ4n) is 3.79. The van der Waals surface area contributed by atoms with Gasteiger partial charge in [-0.05, 0) is 25.9 Å². The minimum absolute atomic E-state index is 0.308. The average Bonchev–Trinajstić information content (AvgIpc) is 3.08. The molecule has 1 aliphatic rings. The second-order valence-corrected chi connectivity index (χ2v) is 9.81. The van der Waals surface area contributed by atoms with E-state index < -0.39 is 0 Å². The highest BCUT2D eigenvalue weighted by Gasteiger charge is 2.12. The zero-order valence-electron chi connectivity index (χ0n) is 28.0. The Morgan fingerprint density at radius 1 is 0.370 bits per heavy atom. The van der Waals surface area contributed by atoms with Crippen LogP contribution in [0, 0.1) is 12.3 Å². The normalized spacial score (nSPS) is 13.8. The highest BCUT2D eigenvalue weighted by molar-refractivity contribution is 4.82. The van der Waals surface area contributed by atoms with E-state index in [-0.39, 0.29) is 0 Å². The van der Waals surface area contributed by atoms with Crippen molar-refractivity contribution in [1.82, 2.24) is 5.32 Å². The van der Waals surface area contributed by atoms with Gasteiger partial charge in [-0.15, -0.1) is 6.42 Å². The van der Waals surface area contributed by atoms with Crippen molar-refractivity contribution in [3.05, 3.63) is 0 Å². The highest BCUT2D eigenvalue weighted by Crippen LogP contribution is 2.06. The van der Waals surface area contributed by atoms with Crippen molar-refractivity contribution in [2.24, 2.45) is 0 Å². The summed E-state index contributed by atoms with van der Waals surface area (Å²) in [7, 11) is 0. The third kappa shape index (κ3) is 34.3. The molecule has 1 fully saturated rings. The molecule has 0 radical (unpaired) electrons. The van der Waals surface area contributed by atoms with Crippen LogP contribution in [0.25, 0.3) is 0 Å². The summed E-state index contributed by atoms with van der Waals surface area (Å²) < 4.78 is 71.0. The predicted molar refractivity (Wildman–Crippen MR) is 171 cm³/mol. The highest BCUT2D eigenvalue weighted by atomic mass is 16.6. The van der Waals surface area contributed by atoms with Crippen LogP contribution in [0.1, 0.15) is 12.8 Å². The Morgan fingerprint density at radius 3 is 0.870 bits per heavy atom. The molecule has 1 rings (SSSR count). The maximum atomic E-state index is 5.79. The lowest BCUT2D eigenvalue weighted by atomic mass is 10.1. The van der Waals surface area contributed by atoms with E-state index in [0.29, 0.717) is 171 Å². The molecule has 0 aromatic carbocycles. The molecule has 1 N–H and O–H groups in total. The first-order valence-corrected chi connectivity index (χ1v) is 16.6. The molecular formula is C32H61NO13. The van der Waals surface area contributed by atoms with Crippen molar-refractivity contribution < 1.29 is 61.6 Å². The summed E-state index contributed by atoms with van der Waals surface area (Å²) in [5.41, 5.74) is 0. The molecule has 1 heterocycles. The average molecular weight is 668 g/mol. The second-order valence-electron chi connectivity index (χ2n) is 9.81. The second kappa shape index (κ2) is 38.4. The Bertz CT molecular complexity index is 623. The molecule has 1 aliphatic heterocycles. The van der Waals surface area contributed by atoms with E-state index in [1.807, 2.05) is 0 Å². The largest absolute Gasteiger partial charge is 0.377 e. The minimum atomic E-state index is 0.308. The van der Waals surface area contributed by atoms with Gasteiger partial charge in [0.05, 0.1) is 165 Å². The molecule has 0 bridgehead atoms. The van der Waals surface area contributed by atoms with Crippen LogP contribution >= 0.6 is 0 Å². The van der Waals surface area contributed by atoms with Crippen molar-refractivity contribution in [3.63, 3.8) is 0 Å². The number of ether oxygens (including phenoxy) is 13. The lowest BCUT2D eigenvalue weighted by Gasteiger charge is -2.22. The van der Waals surface area contributed by atoms with Crippen LogP contribution in [-0.2, 0) is 61.6 Å². The molecule has 0 aromatic heterocycles. The maximum Gasteiger partial charge on any atom is 0.107 e. The van der Waals surface area contributed by atoms with E-state index in [1.165, 1.54) is 0 Å². The van der Waals surface area contributed by atoms with Gasteiger partial charge in [-0.1, -0.05) is 5.92 Å². The Kier molecular flexibility index (Phi) is 36.0. The number of hydrogen-bond donors (Lipinski definition) is 1. The van der Waals surface area contributed by atoms with Crippen LogP contribution < -0.4 is 5.32 Å². The number of terminal acetylenes is 1. The summed E-state index contributed by atoms with van der Waals surface area (Å²) in [5.74, 6) is 2.40. The van der Waals surface area contributed by atoms with Crippen molar-refractivity contribution in [2.75, 3.05) is 178 Å². The van der Waals surface area contributed by atoms with Gasteiger partial charge in [-0.3, -0.25) is 0 Å². The molecule has 14 heteroatoms. The van der Waals surface area contributed by atoms with Gasteiger partial charge in [0.2, 0.25) is 0 Å². The Morgan fingerprint density at radius 2 is 0.609 bits per heavy atom. The van der Waals surface area contributed by atoms with Crippen molar-refractivity contribution >= 4 is 0 Å². The molecule has 1 saturated heterocycles. The number of rotatable bonds is 38. The first kappa shape index (κ1) is 43.0. The van der Waals surface area contributed by atoms with Crippen molar-refractivity contribution in [2.45, 2.75) is 18.9 Å². The van der Waals surface area contributed by atoms with Gasteiger partial charge < -0.3 is 66.9 Å². The van der Waals surface area contributed by atoms with Crippen LogP contribution in [0.5, 0.6) is 0 Å².